The second-order valence-electron chi connectivity index (χ2n) is 5.40. The van der Waals surface area contributed by atoms with Crippen LogP contribution in [0.15, 0.2) is 24.3 Å². The van der Waals surface area contributed by atoms with Crippen molar-refractivity contribution in [3.8, 4) is 0 Å². The van der Waals surface area contributed by atoms with Crippen LogP contribution in [-0.2, 0) is 16.1 Å². The maximum atomic E-state index is 11.8. The molecule has 0 bridgehead atoms. The Bertz CT molecular complexity index is 609. The number of nitrogens with zero attached hydrogens (tertiary/aromatic N) is 1. The molecule has 0 saturated carbocycles. The Morgan fingerprint density at radius 1 is 1.24 bits per heavy atom. The molecule has 1 aromatic rings. The zero-order valence-corrected chi connectivity index (χ0v) is 12.9. The number of alkyl carbamates (subject to hydrolysis) is 1. The average molecular weight is 358 g/mol. The molecule has 1 unspecified atom stereocenters. The largest absolute Gasteiger partial charge is 0.445 e. The van der Waals surface area contributed by atoms with E-state index in [9.17, 15) is 30.2 Å². The fourth-order valence-corrected chi connectivity index (χ4v) is 2.29. The van der Waals surface area contributed by atoms with Crippen molar-refractivity contribution in [1.82, 2.24) is 5.32 Å². The van der Waals surface area contributed by atoms with Crippen molar-refractivity contribution < 1.29 is 39.6 Å². The molecular weight excluding hydrogens is 340 g/mol. The number of benzene rings is 1. The van der Waals surface area contributed by atoms with Gasteiger partial charge in [-0.1, -0.05) is 0 Å². The summed E-state index contributed by atoms with van der Waals surface area (Å²) in [7, 11) is 0. The summed E-state index contributed by atoms with van der Waals surface area (Å²) < 4.78 is 9.78. The van der Waals surface area contributed by atoms with Gasteiger partial charge >= 0.3 is 6.09 Å². The molecule has 1 aliphatic rings. The van der Waals surface area contributed by atoms with Gasteiger partial charge in [0.05, 0.1) is 11.5 Å². The van der Waals surface area contributed by atoms with Crippen molar-refractivity contribution in [2.45, 2.75) is 37.3 Å². The highest BCUT2D eigenvalue weighted by Gasteiger charge is 2.44. The Labute approximate surface area is 141 Å². The van der Waals surface area contributed by atoms with E-state index in [4.69, 9.17) is 14.6 Å². The summed E-state index contributed by atoms with van der Waals surface area (Å²) in [6.45, 7) is -0.821. The summed E-state index contributed by atoms with van der Waals surface area (Å²) in [4.78, 5) is 21.7. The molecule has 1 heterocycles. The first-order valence-electron chi connectivity index (χ1n) is 7.30. The third-order valence-corrected chi connectivity index (χ3v) is 3.70. The van der Waals surface area contributed by atoms with Gasteiger partial charge in [-0.25, -0.2) is 4.79 Å². The van der Waals surface area contributed by atoms with Crippen LogP contribution in [0.4, 0.5) is 10.5 Å². The lowest BCUT2D eigenvalue weighted by Gasteiger charge is -2.39. The molecule has 1 amide bonds. The second kappa shape index (κ2) is 8.18. The predicted octanol–water partition coefficient (Wildman–Crippen LogP) is -1.38. The minimum atomic E-state index is -1.65. The number of non-ortho nitro benzene ring substituents is 1. The van der Waals surface area contributed by atoms with Gasteiger partial charge in [0.15, 0.2) is 6.29 Å². The number of carbonyl (C=O) groups excluding carboxylic acids is 1. The van der Waals surface area contributed by atoms with Crippen molar-refractivity contribution in [2.75, 3.05) is 6.61 Å². The molecular formula is C14H18N2O9. The van der Waals surface area contributed by atoms with Gasteiger partial charge in [-0.05, 0) is 17.7 Å². The van der Waals surface area contributed by atoms with E-state index in [2.05, 4.69) is 5.32 Å². The Morgan fingerprint density at radius 3 is 2.44 bits per heavy atom. The number of amides is 1. The molecule has 11 nitrogen and oxygen atoms in total. The van der Waals surface area contributed by atoms with E-state index in [1.807, 2.05) is 0 Å². The third kappa shape index (κ3) is 4.61. The van der Waals surface area contributed by atoms with Crippen molar-refractivity contribution in [3.63, 3.8) is 0 Å². The zero-order chi connectivity index (χ0) is 18.6. The lowest BCUT2D eigenvalue weighted by atomic mass is 9.97. The molecule has 138 valence electrons. The number of ether oxygens (including phenoxy) is 2. The van der Waals surface area contributed by atoms with Gasteiger partial charge in [0.1, 0.15) is 31.0 Å². The summed E-state index contributed by atoms with van der Waals surface area (Å²) in [6, 6.07) is 3.97. The highest BCUT2D eigenvalue weighted by molar-refractivity contribution is 5.67. The van der Waals surface area contributed by atoms with Crippen molar-refractivity contribution in [1.29, 1.82) is 0 Å². The zero-order valence-electron chi connectivity index (χ0n) is 12.9. The minimum absolute atomic E-state index is 0.105. The van der Waals surface area contributed by atoms with Crippen LogP contribution in [0.1, 0.15) is 5.56 Å². The van der Waals surface area contributed by atoms with E-state index in [0.717, 1.165) is 0 Å². The summed E-state index contributed by atoms with van der Waals surface area (Å²) in [5, 5.41) is 51.0. The second-order valence-corrected chi connectivity index (χ2v) is 5.40. The number of hydrogen-bond acceptors (Lipinski definition) is 9. The van der Waals surface area contributed by atoms with Crippen LogP contribution in [0.3, 0.4) is 0 Å². The normalized spacial score (nSPS) is 29.0. The highest BCUT2D eigenvalue weighted by atomic mass is 16.6. The number of nitrogens with one attached hydrogen (secondary N) is 1. The van der Waals surface area contributed by atoms with Crippen LogP contribution in [0.5, 0.6) is 0 Å². The van der Waals surface area contributed by atoms with Crippen LogP contribution in [0.2, 0.25) is 0 Å². The average Bonchev–Trinajstić information content (AvgIpc) is 2.60. The molecule has 1 fully saturated rings. The topological polar surface area (TPSA) is 172 Å². The first-order chi connectivity index (χ1) is 11.8. The predicted molar refractivity (Wildman–Crippen MR) is 80.2 cm³/mol. The fourth-order valence-electron chi connectivity index (χ4n) is 2.29. The Morgan fingerprint density at radius 2 is 1.88 bits per heavy atom. The van der Waals surface area contributed by atoms with E-state index in [-0.39, 0.29) is 12.3 Å². The van der Waals surface area contributed by atoms with Gasteiger partial charge in [-0.2, -0.15) is 0 Å². The Kier molecular flexibility index (Phi) is 6.22. The van der Waals surface area contributed by atoms with Crippen molar-refractivity contribution >= 4 is 11.8 Å². The molecule has 0 aromatic heterocycles. The number of rotatable bonds is 5. The molecule has 0 aliphatic carbocycles. The Balaban J connectivity index is 1.88. The quantitative estimate of drug-likeness (QED) is 0.314. The number of nitro groups is 1. The van der Waals surface area contributed by atoms with Crippen LogP contribution in [0, 0.1) is 10.1 Å². The lowest BCUT2D eigenvalue weighted by Crippen LogP contribution is -2.64. The number of hydrogen-bond donors (Lipinski definition) is 5. The summed E-state index contributed by atoms with van der Waals surface area (Å²) >= 11 is 0. The number of aliphatic hydroxyl groups excluding tert-OH is 4. The molecule has 1 aromatic carbocycles. The van der Waals surface area contributed by atoms with E-state index in [1.165, 1.54) is 24.3 Å². The standard InChI is InChI=1S/C14H18N2O9/c17-5-9-11(18)12(19)10(13(20)25-9)15-14(21)24-6-7-1-3-8(4-2-7)16(22)23/h1-4,9-13,17-20H,5-6H2,(H,15,21)/t9-,10-,11-,12-,13?/m1/s1. The molecule has 1 aliphatic heterocycles. The molecule has 1 saturated heterocycles. The van der Waals surface area contributed by atoms with Crippen molar-refractivity contribution in [3.05, 3.63) is 39.9 Å². The van der Waals surface area contributed by atoms with E-state index >= 15 is 0 Å². The highest BCUT2D eigenvalue weighted by Crippen LogP contribution is 2.20. The maximum absolute atomic E-state index is 11.8. The molecule has 11 heteroatoms. The lowest BCUT2D eigenvalue weighted by molar-refractivity contribution is -0.384. The first kappa shape index (κ1) is 19.0. The van der Waals surface area contributed by atoms with Crippen LogP contribution in [-0.4, -0.2) is 68.7 Å². The molecule has 0 radical (unpaired) electrons. The van der Waals surface area contributed by atoms with E-state index in [1.54, 1.807) is 0 Å². The van der Waals surface area contributed by atoms with Gasteiger partial charge in [-0.15, -0.1) is 0 Å². The summed E-state index contributed by atoms with van der Waals surface area (Å²) in [5.74, 6) is 0. The van der Waals surface area contributed by atoms with Crippen LogP contribution in [0.25, 0.3) is 0 Å². The first-order valence-corrected chi connectivity index (χ1v) is 7.30. The van der Waals surface area contributed by atoms with Crippen molar-refractivity contribution in [2.24, 2.45) is 0 Å². The van der Waals surface area contributed by atoms with E-state index < -0.39 is 48.3 Å². The third-order valence-electron chi connectivity index (χ3n) is 3.70. The van der Waals surface area contributed by atoms with Gasteiger partial charge in [0.2, 0.25) is 0 Å². The smallest absolute Gasteiger partial charge is 0.407 e. The SMILES string of the molecule is O=C(N[C@H]1C(O)O[C@H](CO)[C@@H](O)[C@@H]1O)OCc1ccc([N+](=O)[O-])cc1. The van der Waals surface area contributed by atoms with E-state index in [0.29, 0.717) is 5.56 Å². The molecule has 5 atom stereocenters. The van der Waals surface area contributed by atoms with Gasteiger partial charge < -0.3 is 35.2 Å². The number of carbonyl (C=O) groups is 1. The summed E-state index contributed by atoms with van der Waals surface area (Å²) in [6.07, 6.45) is -6.91. The number of nitro benzene ring substituents is 1. The number of aliphatic hydroxyl groups is 4. The molecule has 25 heavy (non-hydrogen) atoms. The van der Waals surface area contributed by atoms with Crippen LogP contribution < -0.4 is 5.32 Å². The molecule has 5 N–H and O–H groups in total. The molecule has 0 spiro atoms. The Hall–Kier alpha value is -2.31. The van der Waals surface area contributed by atoms with Crippen LogP contribution >= 0.6 is 0 Å². The summed E-state index contributed by atoms with van der Waals surface area (Å²) in [5.41, 5.74) is 0.383. The maximum Gasteiger partial charge on any atom is 0.407 e. The van der Waals surface area contributed by atoms with Gasteiger partial charge in [-0.3, -0.25) is 10.1 Å². The molecule has 2 rings (SSSR count). The fraction of sp³-hybridized carbons (Fsp3) is 0.500. The minimum Gasteiger partial charge on any atom is -0.445 e. The monoisotopic (exact) mass is 358 g/mol. The van der Waals surface area contributed by atoms with Gasteiger partial charge in [0, 0.05) is 12.1 Å². The van der Waals surface area contributed by atoms with Gasteiger partial charge in [0.25, 0.3) is 5.69 Å².